The highest BCUT2D eigenvalue weighted by Crippen LogP contribution is 2.04. The molecule has 1 aromatic rings. The average molecular weight is 252 g/mol. The van der Waals surface area contributed by atoms with Gasteiger partial charge >= 0.3 is 0 Å². The van der Waals surface area contributed by atoms with E-state index in [9.17, 15) is 9.59 Å². The molecule has 0 spiro atoms. The van der Waals surface area contributed by atoms with Crippen molar-refractivity contribution in [1.82, 2.24) is 25.2 Å². The Morgan fingerprint density at radius 2 is 2.39 bits per heavy atom. The van der Waals surface area contributed by atoms with E-state index in [0.29, 0.717) is 26.2 Å². The number of nitrogens with zero attached hydrogens (tertiary/aromatic N) is 4. The molecule has 2 amide bonds. The van der Waals surface area contributed by atoms with E-state index in [1.165, 1.54) is 9.58 Å². The zero-order valence-corrected chi connectivity index (χ0v) is 10.0. The molecule has 2 rings (SSSR count). The summed E-state index contributed by atoms with van der Waals surface area (Å²) in [6.45, 7) is 2.16. The highest BCUT2D eigenvalue weighted by atomic mass is 16.2. The zero-order valence-electron chi connectivity index (χ0n) is 10.0. The Morgan fingerprint density at radius 1 is 1.56 bits per heavy atom. The van der Waals surface area contributed by atoms with E-state index in [0.717, 1.165) is 6.42 Å². The van der Waals surface area contributed by atoms with Crippen LogP contribution in [0.1, 0.15) is 16.9 Å². The van der Waals surface area contributed by atoms with E-state index in [4.69, 9.17) is 5.73 Å². The van der Waals surface area contributed by atoms with Gasteiger partial charge in [-0.15, -0.1) is 5.10 Å². The highest BCUT2D eigenvalue weighted by Gasteiger charge is 2.23. The van der Waals surface area contributed by atoms with Gasteiger partial charge < -0.3 is 16.0 Å². The molecule has 0 atom stereocenters. The summed E-state index contributed by atoms with van der Waals surface area (Å²) in [7, 11) is 0. The highest BCUT2D eigenvalue weighted by molar-refractivity contribution is 5.94. The number of nitrogens with two attached hydrogens (primary N) is 1. The number of hydrogen-bond donors (Lipinski definition) is 2. The quantitative estimate of drug-likeness (QED) is 0.660. The molecule has 1 aliphatic heterocycles. The third-order valence-corrected chi connectivity index (χ3v) is 2.66. The third-order valence-electron chi connectivity index (χ3n) is 2.66. The summed E-state index contributed by atoms with van der Waals surface area (Å²) in [4.78, 5) is 25.0. The van der Waals surface area contributed by atoms with E-state index >= 15 is 0 Å². The molecule has 1 aliphatic rings. The van der Waals surface area contributed by atoms with Gasteiger partial charge in [0.25, 0.3) is 5.91 Å². The van der Waals surface area contributed by atoms with Gasteiger partial charge in [-0.3, -0.25) is 14.3 Å². The van der Waals surface area contributed by atoms with Crippen LogP contribution in [0.5, 0.6) is 0 Å². The number of nitrogens with one attached hydrogen (secondary N) is 1. The van der Waals surface area contributed by atoms with Crippen molar-refractivity contribution in [2.24, 2.45) is 5.73 Å². The predicted molar refractivity (Wildman–Crippen MR) is 62.6 cm³/mol. The molecule has 8 nitrogen and oxygen atoms in total. The molecule has 1 fully saturated rings. The molecule has 0 aliphatic carbocycles. The van der Waals surface area contributed by atoms with E-state index in [-0.39, 0.29) is 24.1 Å². The molecular formula is C10H16N6O2. The Morgan fingerprint density at radius 3 is 3.17 bits per heavy atom. The fourth-order valence-corrected chi connectivity index (χ4v) is 1.78. The number of carbonyl (C=O) groups excluding carboxylic acids is 2. The first-order chi connectivity index (χ1) is 8.70. The average Bonchev–Trinajstić information content (AvgIpc) is 2.70. The van der Waals surface area contributed by atoms with Crippen LogP contribution in [-0.2, 0) is 11.3 Å². The smallest absolute Gasteiger partial charge is 0.276 e. The maximum absolute atomic E-state index is 12.1. The summed E-state index contributed by atoms with van der Waals surface area (Å²) >= 11 is 0. The normalized spacial score (nSPS) is 16.3. The lowest BCUT2D eigenvalue weighted by atomic mass is 10.3. The Bertz CT molecular complexity index is 443. The van der Waals surface area contributed by atoms with Crippen LogP contribution >= 0.6 is 0 Å². The van der Waals surface area contributed by atoms with Gasteiger partial charge in [-0.2, -0.15) is 0 Å². The van der Waals surface area contributed by atoms with Gasteiger partial charge in [0.15, 0.2) is 5.69 Å². The molecule has 0 bridgehead atoms. The molecule has 0 saturated carbocycles. The zero-order chi connectivity index (χ0) is 13.0. The van der Waals surface area contributed by atoms with Crippen molar-refractivity contribution in [3.8, 4) is 0 Å². The van der Waals surface area contributed by atoms with Gasteiger partial charge in [-0.25, -0.2) is 0 Å². The number of hydrogen-bond acceptors (Lipinski definition) is 5. The molecule has 2 heterocycles. The van der Waals surface area contributed by atoms with Gasteiger partial charge in [-0.05, 0) is 6.42 Å². The van der Waals surface area contributed by atoms with Crippen LogP contribution in [0.15, 0.2) is 6.20 Å². The number of rotatable bonds is 3. The Kier molecular flexibility index (Phi) is 3.88. The number of amides is 2. The van der Waals surface area contributed by atoms with Crippen molar-refractivity contribution in [2.45, 2.75) is 13.0 Å². The summed E-state index contributed by atoms with van der Waals surface area (Å²) in [6, 6.07) is 0. The van der Waals surface area contributed by atoms with Crippen LogP contribution in [0.3, 0.4) is 0 Å². The SMILES string of the molecule is NCCn1cc(C(=O)N2CCCNC(=O)C2)nn1. The Hall–Kier alpha value is -1.96. The van der Waals surface area contributed by atoms with Crippen LogP contribution in [0.2, 0.25) is 0 Å². The first-order valence-electron chi connectivity index (χ1n) is 5.87. The minimum absolute atomic E-state index is 0.0720. The molecule has 98 valence electrons. The third kappa shape index (κ3) is 2.83. The van der Waals surface area contributed by atoms with Crippen molar-refractivity contribution in [2.75, 3.05) is 26.2 Å². The summed E-state index contributed by atoms with van der Waals surface area (Å²) in [5.74, 6) is -0.412. The molecule has 1 saturated heterocycles. The van der Waals surface area contributed by atoms with Crippen molar-refractivity contribution in [3.63, 3.8) is 0 Å². The first kappa shape index (κ1) is 12.5. The topological polar surface area (TPSA) is 106 Å². The lowest BCUT2D eigenvalue weighted by Crippen LogP contribution is -2.37. The van der Waals surface area contributed by atoms with Crippen LogP contribution in [0, 0.1) is 0 Å². The minimum atomic E-state index is -0.268. The molecule has 3 N–H and O–H groups in total. The predicted octanol–water partition coefficient (Wildman–Crippen LogP) is -1.80. The van der Waals surface area contributed by atoms with Crippen molar-refractivity contribution >= 4 is 11.8 Å². The van der Waals surface area contributed by atoms with Crippen LogP contribution in [-0.4, -0.2) is 57.9 Å². The summed E-state index contributed by atoms with van der Waals surface area (Å²) < 4.78 is 1.52. The van der Waals surface area contributed by atoms with Crippen molar-refractivity contribution in [3.05, 3.63) is 11.9 Å². The van der Waals surface area contributed by atoms with E-state index in [2.05, 4.69) is 15.6 Å². The molecule has 18 heavy (non-hydrogen) atoms. The second kappa shape index (κ2) is 5.58. The van der Waals surface area contributed by atoms with E-state index in [1.807, 2.05) is 0 Å². The fourth-order valence-electron chi connectivity index (χ4n) is 1.78. The monoisotopic (exact) mass is 252 g/mol. The second-order valence-corrected chi connectivity index (χ2v) is 4.09. The molecule has 0 radical (unpaired) electrons. The van der Waals surface area contributed by atoms with Crippen molar-refractivity contribution in [1.29, 1.82) is 0 Å². The molecule has 0 aromatic carbocycles. The molecular weight excluding hydrogens is 236 g/mol. The second-order valence-electron chi connectivity index (χ2n) is 4.09. The van der Waals surface area contributed by atoms with Gasteiger partial charge in [0.1, 0.15) is 0 Å². The first-order valence-corrected chi connectivity index (χ1v) is 5.87. The standard InChI is InChI=1S/C10H16N6O2/c11-2-5-16-6-8(13-14-16)10(18)15-4-1-3-12-9(17)7-15/h6H,1-5,7,11H2,(H,12,17). The van der Waals surface area contributed by atoms with Crippen LogP contribution < -0.4 is 11.1 Å². The van der Waals surface area contributed by atoms with Gasteiger partial charge in [-0.1, -0.05) is 5.21 Å². The van der Waals surface area contributed by atoms with Crippen LogP contribution in [0.25, 0.3) is 0 Å². The largest absolute Gasteiger partial charge is 0.354 e. The van der Waals surface area contributed by atoms with Gasteiger partial charge in [0, 0.05) is 19.6 Å². The Labute approximate surface area is 104 Å². The number of carbonyl (C=O) groups is 2. The van der Waals surface area contributed by atoms with Gasteiger partial charge in [0.05, 0.1) is 19.3 Å². The maximum atomic E-state index is 12.1. The van der Waals surface area contributed by atoms with E-state index < -0.39 is 0 Å². The summed E-state index contributed by atoms with van der Waals surface area (Å²) in [5.41, 5.74) is 5.64. The lowest BCUT2D eigenvalue weighted by Gasteiger charge is -2.16. The van der Waals surface area contributed by atoms with E-state index in [1.54, 1.807) is 6.20 Å². The fraction of sp³-hybridized carbons (Fsp3) is 0.600. The molecule has 0 unspecified atom stereocenters. The Balaban J connectivity index is 2.06. The van der Waals surface area contributed by atoms with Crippen molar-refractivity contribution < 1.29 is 9.59 Å². The summed E-state index contributed by atoms with van der Waals surface area (Å²) in [5, 5.41) is 10.3. The van der Waals surface area contributed by atoms with Gasteiger partial charge in [0.2, 0.25) is 5.91 Å². The molecule has 8 heteroatoms. The minimum Gasteiger partial charge on any atom is -0.354 e. The number of aromatic nitrogens is 3. The maximum Gasteiger partial charge on any atom is 0.276 e. The van der Waals surface area contributed by atoms with Crippen LogP contribution in [0.4, 0.5) is 0 Å². The lowest BCUT2D eigenvalue weighted by molar-refractivity contribution is -0.121. The summed E-state index contributed by atoms with van der Waals surface area (Å²) in [6.07, 6.45) is 2.30. The molecule has 1 aromatic heterocycles.